The van der Waals surface area contributed by atoms with Crippen LogP contribution < -0.4 is 11.5 Å². The summed E-state index contributed by atoms with van der Waals surface area (Å²) in [5, 5.41) is 9.02. The standard InChI is InChI=1S/C18H16FN5O2/c1-2-13-15(10-4-6-14(20)22-8-10)16(24-18(21)23-13)11-5-3-9(17(25)26)7-12(11)19/h3-8H,2H2,1H3,(H2,20,22)(H,25,26)(H2,21,23,24). The lowest BCUT2D eigenvalue weighted by atomic mass is 9.96. The van der Waals surface area contributed by atoms with Crippen molar-refractivity contribution in [1.29, 1.82) is 0 Å². The number of rotatable bonds is 4. The van der Waals surface area contributed by atoms with Gasteiger partial charge >= 0.3 is 5.97 Å². The monoisotopic (exact) mass is 353 g/mol. The Morgan fingerprint density at radius 1 is 1.19 bits per heavy atom. The molecule has 0 saturated carbocycles. The largest absolute Gasteiger partial charge is 0.478 e. The van der Waals surface area contributed by atoms with E-state index in [1.807, 2.05) is 6.92 Å². The predicted molar refractivity (Wildman–Crippen MR) is 95.8 cm³/mol. The Bertz CT molecular complexity index is 990. The minimum absolute atomic E-state index is 0.00529. The van der Waals surface area contributed by atoms with Crippen LogP contribution in [-0.2, 0) is 6.42 Å². The van der Waals surface area contributed by atoms with Crippen LogP contribution >= 0.6 is 0 Å². The number of pyridine rings is 1. The lowest BCUT2D eigenvalue weighted by Crippen LogP contribution is -2.06. The first kappa shape index (κ1) is 17.3. The van der Waals surface area contributed by atoms with Gasteiger partial charge in [0.25, 0.3) is 0 Å². The molecule has 0 amide bonds. The van der Waals surface area contributed by atoms with E-state index in [4.69, 9.17) is 16.6 Å². The fourth-order valence-corrected chi connectivity index (χ4v) is 2.67. The molecule has 0 aliphatic heterocycles. The van der Waals surface area contributed by atoms with Gasteiger partial charge in [-0.3, -0.25) is 0 Å². The zero-order valence-electron chi connectivity index (χ0n) is 13.9. The van der Waals surface area contributed by atoms with Gasteiger partial charge in [0.15, 0.2) is 0 Å². The number of halogens is 1. The normalized spacial score (nSPS) is 10.7. The minimum atomic E-state index is -1.21. The maximum Gasteiger partial charge on any atom is 0.335 e. The summed E-state index contributed by atoms with van der Waals surface area (Å²) in [6, 6.07) is 7.00. The van der Waals surface area contributed by atoms with Gasteiger partial charge in [-0.1, -0.05) is 6.92 Å². The first-order valence-corrected chi connectivity index (χ1v) is 7.82. The molecule has 8 heteroatoms. The van der Waals surface area contributed by atoms with Crippen LogP contribution in [0.5, 0.6) is 0 Å². The molecule has 0 spiro atoms. The highest BCUT2D eigenvalue weighted by Gasteiger charge is 2.20. The first-order chi connectivity index (χ1) is 12.4. The molecule has 0 radical (unpaired) electrons. The number of carboxylic acids is 1. The molecule has 3 aromatic rings. The van der Waals surface area contributed by atoms with Gasteiger partial charge in [-0.25, -0.2) is 24.1 Å². The molecule has 0 aliphatic rings. The summed E-state index contributed by atoms with van der Waals surface area (Å²) in [6.45, 7) is 1.89. The maximum atomic E-state index is 14.6. The Morgan fingerprint density at radius 2 is 1.96 bits per heavy atom. The number of hydrogen-bond acceptors (Lipinski definition) is 6. The Labute approximate surface area is 148 Å². The van der Waals surface area contributed by atoms with Crippen LogP contribution in [0.1, 0.15) is 23.0 Å². The second-order valence-corrected chi connectivity index (χ2v) is 5.58. The minimum Gasteiger partial charge on any atom is -0.478 e. The summed E-state index contributed by atoms with van der Waals surface area (Å²) in [5.74, 6) is -1.57. The van der Waals surface area contributed by atoms with Crippen molar-refractivity contribution in [1.82, 2.24) is 15.0 Å². The highest BCUT2D eigenvalue weighted by molar-refractivity contribution is 5.89. The van der Waals surface area contributed by atoms with Crippen LogP contribution in [0.3, 0.4) is 0 Å². The van der Waals surface area contributed by atoms with Crippen molar-refractivity contribution in [2.24, 2.45) is 0 Å². The van der Waals surface area contributed by atoms with E-state index in [0.717, 1.165) is 6.07 Å². The fourth-order valence-electron chi connectivity index (χ4n) is 2.67. The number of hydrogen-bond donors (Lipinski definition) is 3. The average molecular weight is 353 g/mol. The molecule has 0 unspecified atom stereocenters. The fraction of sp³-hybridized carbons (Fsp3) is 0.111. The van der Waals surface area contributed by atoms with Crippen LogP contribution in [-0.4, -0.2) is 26.0 Å². The number of aromatic carboxylic acids is 1. The van der Waals surface area contributed by atoms with Gasteiger partial charge in [-0.15, -0.1) is 0 Å². The van der Waals surface area contributed by atoms with Gasteiger partial charge < -0.3 is 16.6 Å². The van der Waals surface area contributed by atoms with Crippen LogP contribution in [0, 0.1) is 5.82 Å². The number of aryl methyl sites for hydroxylation is 1. The number of anilines is 2. The molecule has 5 N–H and O–H groups in total. The number of nitrogen functional groups attached to an aromatic ring is 2. The first-order valence-electron chi connectivity index (χ1n) is 7.82. The quantitative estimate of drug-likeness (QED) is 0.658. The van der Waals surface area contributed by atoms with E-state index in [0.29, 0.717) is 29.1 Å². The summed E-state index contributed by atoms with van der Waals surface area (Å²) >= 11 is 0. The number of carbonyl (C=O) groups is 1. The topological polar surface area (TPSA) is 128 Å². The Morgan fingerprint density at radius 3 is 2.54 bits per heavy atom. The molecule has 0 atom stereocenters. The lowest BCUT2D eigenvalue weighted by molar-refractivity contribution is 0.0696. The molecule has 26 heavy (non-hydrogen) atoms. The van der Waals surface area contributed by atoms with Crippen molar-refractivity contribution in [3.8, 4) is 22.4 Å². The number of aromatic nitrogens is 3. The third kappa shape index (κ3) is 3.16. The van der Waals surface area contributed by atoms with Crippen molar-refractivity contribution < 1.29 is 14.3 Å². The second-order valence-electron chi connectivity index (χ2n) is 5.58. The van der Waals surface area contributed by atoms with E-state index in [1.54, 1.807) is 18.3 Å². The van der Waals surface area contributed by atoms with E-state index >= 15 is 0 Å². The molecule has 7 nitrogen and oxygen atoms in total. The van der Waals surface area contributed by atoms with Crippen molar-refractivity contribution in [2.45, 2.75) is 13.3 Å². The summed E-state index contributed by atoms with van der Waals surface area (Å²) in [4.78, 5) is 23.6. The summed E-state index contributed by atoms with van der Waals surface area (Å²) in [5.41, 5.74) is 13.6. The summed E-state index contributed by atoms with van der Waals surface area (Å²) < 4.78 is 14.6. The third-order valence-corrected chi connectivity index (χ3v) is 3.88. The van der Waals surface area contributed by atoms with E-state index < -0.39 is 11.8 Å². The summed E-state index contributed by atoms with van der Waals surface area (Å²) in [6.07, 6.45) is 2.09. The molecule has 1 aromatic carbocycles. The lowest BCUT2D eigenvalue weighted by Gasteiger charge is -2.14. The number of nitrogens with two attached hydrogens (primary N) is 2. The van der Waals surface area contributed by atoms with E-state index in [-0.39, 0.29) is 22.8 Å². The Kier molecular flexibility index (Phi) is 4.49. The van der Waals surface area contributed by atoms with Crippen molar-refractivity contribution >= 4 is 17.7 Å². The second kappa shape index (κ2) is 6.75. The Balaban J connectivity index is 2.29. The molecular weight excluding hydrogens is 337 g/mol. The van der Waals surface area contributed by atoms with Crippen LogP contribution in [0.2, 0.25) is 0 Å². The van der Waals surface area contributed by atoms with E-state index in [1.165, 1.54) is 12.1 Å². The van der Waals surface area contributed by atoms with Gasteiger partial charge in [-0.05, 0) is 36.8 Å². The van der Waals surface area contributed by atoms with Crippen LogP contribution in [0.15, 0.2) is 36.5 Å². The Hall–Kier alpha value is -3.55. The van der Waals surface area contributed by atoms with E-state index in [9.17, 15) is 9.18 Å². The van der Waals surface area contributed by atoms with Gasteiger partial charge in [0.1, 0.15) is 11.6 Å². The third-order valence-electron chi connectivity index (χ3n) is 3.88. The van der Waals surface area contributed by atoms with Gasteiger partial charge in [0.05, 0.1) is 17.0 Å². The smallest absolute Gasteiger partial charge is 0.335 e. The van der Waals surface area contributed by atoms with Gasteiger partial charge in [0.2, 0.25) is 5.95 Å². The predicted octanol–water partition coefficient (Wildman–Crippen LogP) is 2.77. The van der Waals surface area contributed by atoms with Crippen molar-refractivity contribution in [2.75, 3.05) is 11.5 Å². The van der Waals surface area contributed by atoms with E-state index in [2.05, 4.69) is 15.0 Å². The molecule has 0 fully saturated rings. The zero-order valence-corrected chi connectivity index (χ0v) is 13.9. The van der Waals surface area contributed by atoms with Crippen LogP contribution in [0.4, 0.5) is 16.2 Å². The molecule has 132 valence electrons. The van der Waals surface area contributed by atoms with Gasteiger partial charge in [0, 0.05) is 22.9 Å². The highest BCUT2D eigenvalue weighted by atomic mass is 19.1. The van der Waals surface area contributed by atoms with Crippen LogP contribution in [0.25, 0.3) is 22.4 Å². The number of nitrogens with zero attached hydrogens (tertiary/aromatic N) is 3. The molecule has 2 heterocycles. The maximum absolute atomic E-state index is 14.6. The molecule has 0 saturated heterocycles. The zero-order chi connectivity index (χ0) is 18.8. The average Bonchev–Trinajstić information content (AvgIpc) is 2.61. The SMILES string of the molecule is CCc1nc(N)nc(-c2ccc(C(=O)O)cc2F)c1-c1ccc(N)nc1. The number of carboxylic acid groups (broad SMARTS) is 1. The number of benzene rings is 1. The molecule has 0 aliphatic carbocycles. The molecule has 0 bridgehead atoms. The molecule has 2 aromatic heterocycles. The van der Waals surface area contributed by atoms with Crippen molar-refractivity contribution in [3.05, 3.63) is 53.6 Å². The van der Waals surface area contributed by atoms with Crippen molar-refractivity contribution in [3.63, 3.8) is 0 Å². The van der Waals surface area contributed by atoms with Gasteiger partial charge in [-0.2, -0.15) is 0 Å². The molecular formula is C18H16FN5O2. The molecule has 3 rings (SSSR count). The summed E-state index contributed by atoms with van der Waals surface area (Å²) in [7, 11) is 0. The highest BCUT2D eigenvalue weighted by Crippen LogP contribution is 2.35.